The lowest BCUT2D eigenvalue weighted by atomic mass is 9.65. The van der Waals surface area contributed by atoms with Gasteiger partial charge in [0, 0.05) is 0 Å². The van der Waals surface area contributed by atoms with E-state index in [-0.39, 0.29) is 6.10 Å². The van der Waals surface area contributed by atoms with Crippen LogP contribution in [-0.4, -0.2) is 11.2 Å². The average molecular weight is 226 g/mol. The molecule has 0 aromatic carbocycles. The van der Waals surface area contributed by atoms with Crippen molar-refractivity contribution in [3.8, 4) is 0 Å². The Balaban J connectivity index is 2.48. The smallest absolute Gasteiger partial charge is 0.0576 e. The summed E-state index contributed by atoms with van der Waals surface area (Å²) in [6.45, 7) is 9.19. The summed E-state index contributed by atoms with van der Waals surface area (Å²) in [7, 11) is 0. The Bertz CT molecular complexity index is 198. The fraction of sp³-hybridized carbons (Fsp3) is 1.00. The first-order valence-corrected chi connectivity index (χ1v) is 7.15. The minimum Gasteiger partial charge on any atom is -0.393 e. The number of rotatable bonds is 5. The SMILES string of the molecule is CCCC(C)CC(O)C1CCCCC1(C)C. The molecule has 1 heteroatoms. The van der Waals surface area contributed by atoms with E-state index >= 15 is 0 Å². The van der Waals surface area contributed by atoms with Gasteiger partial charge in [0.2, 0.25) is 0 Å². The van der Waals surface area contributed by atoms with E-state index in [1.54, 1.807) is 0 Å². The van der Waals surface area contributed by atoms with E-state index < -0.39 is 0 Å². The topological polar surface area (TPSA) is 20.2 Å². The largest absolute Gasteiger partial charge is 0.393 e. The maximum absolute atomic E-state index is 10.4. The lowest BCUT2D eigenvalue weighted by Crippen LogP contribution is -2.37. The molecule has 3 atom stereocenters. The summed E-state index contributed by atoms with van der Waals surface area (Å²) in [6, 6.07) is 0. The summed E-state index contributed by atoms with van der Waals surface area (Å²) in [6.07, 6.45) is 8.60. The molecule has 0 radical (unpaired) electrons. The van der Waals surface area contributed by atoms with Crippen LogP contribution in [0.1, 0.15) is 72.6 Å². The van der Waals surface area contributed by atoms with Crippen LogP contribution in [0.5, 0.6) is 0 Å². The van der Waals surface area contributed by atoms with Gasteiger partial charge in [-0.3, -0.25) is 0 Å². The highest BCUT2D eigenvalue weighted by Gasteiger charge is 2.36. The van der Waals surface area contributed by atoms with Crippen LogP contribution in [-0.2, 0) is 0 Å². The molecule has 1 N–H and O–H groups in total. The molecule has 0 aromatic rings. The van der Waals surface area contributed by atoms with Gasteiger partial charge in [-0.05, 0) is 36.5 Å². The van der Waals surface area contributed by atoms with Crippen molar-refractivity contribution in [3.63, 3.8) is 0 Å². The average Bonchev–Trinajstić information content (AvgIpc) is 2.16. The van der Waals surface area contributed by atoms with Crippen molar-refractivity contribution >= 4 is 0 Å². The van der Waals surface area contributed by atoms with E-state index in [1.807, 2.05) is 0 Å². The lowest BCUT2D eigenvalue weighted by molar-refractivity contribution is -0.00729. The van der Waals surface area contributed by atoms with Crippen molar-refractivity contribution in [2.45, 2.75) is 78.7 Å². The van der Waals surface area contributed by atoms with Crippen molar-refractivity contribution in [2.24, 2.45) is 17.3 Å². The number of hydrogen-bond donors (Lipinski definition) is 1. The molecule has 0 spiro atoms. The Morgan fingerprint density at radius 3 is 2.56 bits per heavy atom. The Morgan fingerprint density at radius 2 is 2.00 bits per heavy atom. The third kappa shape index (κ3) is 3.76. The van der Waals surface area contributed by atoms with Gasteiger partial charge in [-0.25, -0.2) is 0 Å². The van der Waals surface area contributed by atoms with Crippen LogP contribution in [0.2, 0.25) is 0 Å². The quantitative estimate of drug-likeness (QED) is 0.737. The van der Waals surface area contributed by atoms with Crippen molar-refractivity contribution in [3.05, 3.63) is 0 Å². The molecular weight excluding hydrogens is 196 g/mol. The lowest BCUT2D eigenvalue weighted by Gasteiger charge is -2.42. The molecule has 96 valence electrons. The summed E-state index contributed by atoms with van der Waals surface area (Å²) >= 11 is 0. The summed E-state index contributed by atoms with van der Waals surface area (Å²) in [5.41, 5.74) is 0.351. The van der Waals surface area contributed by atoms with E-state index in [0.717, 1.165) is 6.42 Å². The summed E-state index contributed by atoms with van der Waals surface area (Å²) in [5.74, 6) is 1.21. The standard InChI is InChI=1S/C15H30O/c1-5-8-12(2)11-14(16)13-9-6-7-10-15(13,3)4/h12-14,16H,5-11H2,1-4H3. The third-order valence-corrected chi connectivity index (χ3v) is 4.48. The van der Waals surface area contributed by atoms with Crippen LogP contribution in [0.25, 0.3) is 0 Å². The van der Waals surface area contributed by atoms with Crippen molar-refractivity contribution < 1.29 is 5.11 Å². The van der Waals surface area contributed by atoms with Gasteiger partial charge in [0.1, 0.15) is 0 Å². The third-order valence-electron chi connectivity index (χ3n) is 4.48. The molecular formula is C15H30O. The molecule has 0 saturated heterocycles. The number of aliphatic hydroxyl groups is 1. The number of aliphatic hydroxyl groups excluding tert-OH is 1. The monoisotopic (exact) mass is 226 g/mol. The summed E-state index contributed by atoms with van der Waals surface area (Å²) < 4.78 is 0. The van der Waals surface area contributed by atoms with Crippen molar-refractivity contribution in [2.75, 3.05) is 0 Å². The van der Waals surface area contributed by atoms with E-state index in [4.69, 9.17) is 0 Å². The Hall–Kier alpha value is -0.0400. The zero-order valence-electron chi connectivity index (χ0n) is 11.6. The van der Waals surface area contributed by atoms with Crippen LogP contribution >= 0.6 is 0 Å². The molecule has 0 heterocycles. The van der Waals surface area contributed by atoms with Gasteiger partial charge in [0.15, 0.2) is 0 Å². The predicted octanol–water partition coefficient (Wildman–Crippen LogP) is 4.39. The van der Waals surface area contributed by atoms with Crippen LogP contribution in [0, 0.1) is 17.3 Å². The minimum absolute atomic E-state index is 0.0724. The van der Waals surface area contributed by atoms with E-state index in [1.165, 1.54) is 38.5 Å². The van der Waals surface area contributed by atoms with Gasteiger partial charge in [0.25, 0.3) is 0 Å². The summed E-state index contributed by atoms with van der Waals surface area (Å²) in [4.78, 5) is 0. The fourth-order valence-corrected chi connectivity index (χ4v) is 3.42. The molecule has 1 nitrogen and oxygen atoms in total. The molecule has 0 bridgehead atoms. The van der Waals surface area contributed by atoms with Gasteiger partial charge in [-0.15, -0.1) is 0 Å². The highest BCUT2D eigenvalue weighted by atomic mass is 16.3. The van der Waals surface area contributed by atoms with Gasteiger partial charge in [0.05, 0.1) is 6.10 Å². The zero-order valence-corrected chi connectivity index (χ0v) is 11.6. The first kappa shape index (κ1) is 14.0. The van der Waals surface area contributed by atoms with Crippen LogP contribution in [0.3, 0.4) is 0 Å². The molecule has 1 saturated carbocycles. The second-order valence-electron chi connectivity index (χ2n) is 6.54. The molecule has 3 unspecified atom stereocenters. The second-order valence-corrected chi connectivity index (χ2v) is 6.54. The van der Waals surface area contributed by atoms with Crippen LogP contribution < -0.4 is 0 Å². The van der Waals surface area contributed by atoms with Gasteiger partial charge >= 0.3 is 0 Å². The maximum atomic E-state index is 10.4. The van der Waals surface area contributed by atoms with E-state index in [0.29, 0.717) is 17.3 Å². The summed E-state index contributed by atoms with van der Waals surface area (Å²) in [5, 5.41) is 10.4. The predicted molar refractivity (Wildman–Crippen MR) is 70.4 cm³/mol. The van der Waals surface area contributed by atoms with E-state index in [2.05, 4.69) is 27.7 Å². The second kappa shape index (κ2) is 6.05. The van der Waals surface area contributed by atoms with E-state index in [9.17, 15) is 5.11 Å². The van der Waals surface area contributed by atoms with Crippen molar-refractivity contribution in [1.82, 2.24) is 0 Å². The molecule has 1 rings (SSSR count). The number of hydrogen-bond acceptors (Lipinski definition) is 1. The van der Waals surface area contributed by atoms with Crippen molar-refractivity contribution in [1.29, 1.82) is 0 Å². The fourth-order valence-electron chi connectivity index (χ4n) is 3.42. The molecule has 0 aliphatic heterocycles. The highest BCUT2D eigenvalue weighted by molar-refractivity contribution is 4.87. The normalized spacial score (nSPS) is 28.7. The van der Waals surface area contributed by atoms with Crippen LogP contribution in [0.15, 0.2) is 0 Å². The maximum Gasteiger partial charge on any atom is 0.0576 e. The minimum atomic E-state index is -0.0724. The van der Waals surface area contributed by atoms with Crippen LogP contribution in [0.4, 0.5) is 0 Å². The molecule has 16 heavy (non-hydrogen) atoms. The molecule has 1 fully saturated rings. The molecule has 0 aromatic heterocycles. The van der Waals surface area contributed by atoms with Gasteiger partial charge < -0.3 is 5.11 Å². The molecule has 0 amide bonds. The highest BCUT2D eigenvalue weighted by Crippen LogP contribution is 2.43. The van der Waals surface area contributed by atoms with Gasteiger partial charge in [-0.2, -0.15) is 0 Å². The Kier molecular flexibility index (Phi) is 5.30. The first-order valence-electron chi connectivity index (χ1n) is 7.15. The zero-order chi connectivity index (χ0) is 12.2. The molecule has 1 aliphatic carbocycles. The Labute approximate surface area is 102 Å². The first-order chi connectivity index (χ1) is 7.47. The molecule has 1 aliphatic rings. The van der Waals surface area contributed by atoms with Gasteiger partial charge in [-0.1, -0.05) is 53.4 Å². The Morgan fingerprint density at radius 1 is 1.31 bits per heavy atom.